The van der Waals surface area contributed by atoms with Crippen LogP contribution in [0.3, 0.4) is 0 Å². The Morgan fingerprint density at radius 3 is 2.15 bits per heavy atom. The fourth-order valence-corrected chi connectivity index (χ4v) is 5.77. The second-order valence-electron chi connectivity index (χ2n) is 8.64. The van der Waals surface area contributed by atoms with E-state index in [9.17, 15) is 18.0 Å². The molecule has 3 rings (SSSR count). The number of nitrogens with zero attached hydrogens (tertiary/aromatic N) is 1. The molecule has 0 unspecified atom stereocenters. The van der Waals surface area contributed by atoms with Crippen LogP contribution in [-0.2, 0) is 19.6 Å². The lowest BCUT2D eigenvalue weighted by molar-refractivity contribution is -0.116. The van der Waals surface area contributed by atoms with Gasteiger partial charge in [-0.2, -0.15) is 0 Å². The minimum atomic E-state index is -3.77. The summed E-state index contributed by atoms with van der Waals surface area (Å²) in [4.78, 5) is 27.1. The van der Waals surface area contributed by atoms with Crippen molar-refractivity contribution in [3.63, 3.8) is 0 Å². The van der Waals surface area contributed by atoms with E-state index in [0.717, 1.165) is 27.8 Å². The Balaban J connectivity index is 1.61. The summed E-state index contributed by atoms with van der Waals surface area (Å²) in [6.45, 7) is 11.5. The van der Waals surface area contributed by atoms with Crippen LogP contribution in [0.1, 0.15) is 44.6 Å². The van der Waals surface area contributed by atoms with Crippen molar-refractivity contribution in [2.45, 2.75) is 45.9 Å². The molecule has 1 aliphatic rings. The van der Waals surface area contributed by atoms with Crippen LogP contribution >= 0.6 is 0 Å². The molecule has 2 aromatic carbocycles. The summed E-state index contributed by atoms with van der Waals surface area (Å²) in [5, 5.41) is 2.75. The fourth-order valence-electron chi connectivity index (χ4n) is 4.14. The van der Waals surface area contributed by atoms with Gasteiger partial charge in [-0.1, -0.05) is 6.07 Å². The third-order valence-electron chi connectivity index (χ3n) is 6.54. The van der Waals surface area contributed by atoms with Gasteiger partial charge >= 0.3 is 0 Å². The van der Waals surface area contributed by atoms with E-state index in [4.69, 9.17) is 4.74 Å². The molecule has 0 aliphatic carbocycles. The van der Waals surface area contributed by atoms with Crippen molar-refractivity contribution in [3.8, 4) is 0 Å². The zero-order valence-corrected chi connectivity index (χ0v) is 21.3. The van der Waals surface area contributed by atoms with E-state index in [0.29, 0.717) is 37.6 Å². The number of anilines is 1. The van der Waals surface area contributed by atoms with Gasteiger partial charge in [0.1, 0.15) is 0 Å². The molecule has 2 amide bonds. The number of hydrogen-bond acceptors (Lipinski definition) is 5. The van der Waals surface area contributed by atoms with Gasteiger partial charge in [0.25, 0.3) is 5.91 Å². The molecule has 34 heavy (non-hydrogen) atoms. The van der Waals surface area contributed by atoms with E-state index in [-0.39, 0.29) is 29.7 Å². The molecule has 2 N–H and O–H groups in total. The van der Waals surface area contributed by atoms with E-state index in [1.807, 2.05) is 20.8 Å². The Kier molecular flexibility index (Phi) is 8.12. The lowest BCUT2D eigenvalue weighted by Gasteiger charge is -2.27. The summed E-state index contributed by atoms with van der Waals surface area (Å²) in [5.74, 6) is -0.454. The van der Waals surface area contributed by atoms with Gasteiger partial charge in [-0.15, -0.1) is 0 Å². The summed E-state index contributed by atoms with van der Waals surface area (Å²) in [5.41, 5.74) is 5.40. The molecule has 0 spiro atoms. The normalized spacial score (nSPS) is 14.2. The first-order chi connectivity index (χ1) is 16.0. The number of nitrogens with one attached hydrogen (secondary N) is 2. The number of ether oxygens (including phenoxy) is 1. The molecule has 1 aliphatic heterocycles. The highest BCUT2D eigenvalue weighted by Crippen LogP contribution is 2.29. The van der Waals surface area contributed by atoms with Crippen LogP contribution < -0.4 is 10.0 Å². The number of carbonyl (C=O) groups excluding carboxylic acids is 2. The van der Waals surface area contributed by atoms with Crippen molar-refractivity contribution in [2.24, 2.45) is 0 Å². The molecule has 1 heterocycles. The van der Waals surface area contributed by atoms with Gasteiger partial charge in [-0.05, 0) is 80.6 Å². The Bertz CT molecular complexity index is 1170. The molecule has 1 fully saturated rings. The first-order valence-electron chi connectivity index (χ1n) is 11.4. The Labute approximate surface area is 201 Å². The molecule has 0 saturated carbocycles. The Morgan fingerprint density at radius 1 is 0.941 bits per heavy atom. The van der Waals surface area contributed by atoms with Crippen LogP contribution in [0.15, 0.2) is 29.2 Å². The molecular formula is C25H33N3O5S. The van der Waals surface area contributed by atoms with Crippen molar-refractivity contribution in [2.75, 3.05) is 38.2 Å². The maximum atomic E-state index is 13.0. The SMILES string of the molecule is Cc1c(C)c(C)c(S(=O)(=O)NCCC(=O)Nc2cccc(C(=O)N3CCOCC3)c2)c(C)c1C. The molecule has 2 aromatic rings. The number of benzene rings is 2. The number of sulfonamides is 1. The van der Waals surface area contributed by atoms with Crippen molar-refractivity contribution < 1.29 is 22.7 Å². The molecule has 8 nitrogen and oxygen atoms in total. The maximum absolute atomic E-state index is 13.0. The van der Waals surface area contributed by atoms with Crippen LogP contribution in [0.4, 0.5) is 5.69 Å². The van der Waals surface area contributed by atoms with E-state index in [1.165, 1.54) is 0 Å². The Hall–Kier alpha value is -2.75. The first kappa shape index (κ1) is 25.9. The average molecular weight is 488 g/mol. The van der Waals surface area contributed by atoms with Crippen molar-refractivity contribution in [3.05, 3.63) is 57.6 Å². The van der Waals surface area contributed by atoms with Gasteiger partial charge in [-0.25, -0.2) is 13.1 Å². The predicted molar refractivity (Wildman–Crippen MR) is 132 cm³/mol. The fraction of sp³-hybridized carbons (Fsp3) is 0.440. The van der Waals surface area contributed by atoms with E-state index in [2.05, 4.69) is 10.0 Å². The van der Waals surface area contributed by atoms with Gasteiger partial charge in [0, 0.05) is 37.3 Å². The summed E-state index contributed by atoms with van der Waals surface area (Å²) in [7, 11) is -3.77. The molecule has 9 heteroatoms. The molecular weight excluding hydrogens is 454 g/mol. The number of morpholine rings is 1. The van der Waals surface area contributed by atoms with Crippen LogP contribution in [0.2, 0.25) is 0 Å². The van der Waals surface area contributed by atoms with Crippen LogP contribution in [-0.4, -0.2) is 58.0 Å². The molecule has 1 saturated heterocycles. The number of amides is 2. The summed E-state index contributed by atoms with van der Waals surface area (Å²) >= 11 is 0. The number of hydrogen-bond donors (Lipinski definition) is 2. The highest BCUT2D eigenvalue weighted by Gasteiger charge is 2.24. The summed E-state index contributed by atoms with van der Waals surface area (Å²) < 4.78 is 33.9. The van der Waals surface area contributed by atoms with Gasteiger partial charge in [0.2, 0.25) is 15.9 Å². The number of rotatable bonds is 7. The van der Waals surface area contributed by atoms with Gasteiger partial charge in [-0.3, -0.25) is 9.59 Å². The minimum Gasteiger partial charge on any atom is -0.378 e. The third-order valence-corrected chi connectivity index (χ3v) is 8.27. The largest absolute Gasteiger partial charge is 0.378 e. The zero-order valence-electron chi connectivity index (χ0n) is 20.4. The quantitative estimate of drug-likeness (QED) is 0.625. The van der Waals surface area contributed by atoms with Crippen molar-refractivity contribution >= 4 is 27.5 Å². The van der Waals surface area contributed by atoms with Crippen LogP contribution in [0.5, 0.6) is 0 Å². The molecule has 0 bridgehead atoms. The summed E-state index contributed by atoms with van der Waals surface area (Å²) in [6, 6.07) is 6.74. The lowest BCUT2D eigenvalue weighted by Crippen LogP contribution is -2.40. The second-order valence-corrected chi connectivity index (χ2v) is 10.3. The smallest absolute Gasteiger partial charge is 0.254 e. The van der Waals surface area contributed by atoms with Crippen molar-refractivity contribution in [1.29, 1.82) is 0 Å². The highest BCUT2D eigenvalue weighted by atomic mass is 32.2. The number of carbonyl (C=O) groups is 2. The average Bonchev–Trinajstić information content (AvgIpc) is 2.81. The van der Waals surface area contributed by atoms with E-state index >= 15 is 0 Å². The standard InChI is InChI=1S/C25H33N3O5S/c1-16-17(2)19(4)24(20(5)18(16)3)34(31,32)26-10-9-23(29)27-22-8-6-7-21(15-22)25(30)28-11-13-33-14-12-28/h6-8,15,26H,9-14H2,1-5H3,(H,27,29). The third kappa shape index (κ3) is 5.65. The monoisotopic (exact) mass is 487 g/mol. The van der Waals surface area contributed by atoms with E-state index < -0.39 is 10.0 Å². The Morgan fingerprint density at radius 2 is 1.53 bits per heavy atom. The molecule has 184 valence electrons. The van der Waals surface area contributed by atoms with Gasteiger partial charge in [0.05, 0.1) is 18.1 Å². The summed E-state index contributed by atoms with van der Waals surface area (Å²) in [6.07, 6.45) is -0.0389. The molecule has 0 aromatic heterocycles. The minimum absolute atomic E-state index is 0.0363. The lowest BCUT2D eigenvalue weighted by atomic mass is 9.95. The van der Waals surface area contributed by atoms with Gasteiger partial charge < -0.3 is 15.0 Å². The molecule has 0 atom stereocenters. The van der Waals surface area contributed by atoms with E-state index in [1.54, 1.807) is 43.0 Å². The maximum Gasteiger partial charge on any atom is 0.254 e. The topological polar surface area (TPSA) is 105 Å². The van der Waals surface area contributed by atoms with Crippen LogP contribution in [0, 0.1) is 34.6 Å². The second kappa shape index (κ2) is 10.7. The molecule has 0 radical (unpaired) electrons. The van der Waals surface area contributed by atoms with Crippen LogP contribution in [0.25, 0.3) is 0 Å². The predicted octanol–water partition coefficient (Wildman–Crippen LogP) is 3.01. The van der Waals surface area contributed by atoms with Gasteiger partial charge in [0.15, 0.2) is 0 Å². The highest BCUT2D eigenvalue weighted by molar-refractivity contribution is 7.89. The van der Waals surface area contributed by atoms with Crippen molar-refractivity contribution in [1.82, 2.24) is 9.62 Å². The first-order valence-corrected chi connectivity index (χ1v) is 12.8. The zero-order chi connectivity index (χ0) is 25.0.